The Bertz CT molecular complexity index is 722. The lowest BCUT2D eigenvalue weighted by atomic mass is 10.1. The van der Waals surface area contributed by atoms with E-state index in [9.17, 15) is 0 Å². The molecule has 4 nitrogen and oxygen atoms in total. The molecule has 4 heteroatoms. The molecule has 0 fully saturated rings. The van der Waals surface area contributed by atoms with Crippen LogP contribution in [0.3, 0.4) is 0 Å². The largest absolute Gasteiger partial charge is 0.412 e. The van der Waals surface area contributed by atoms with Gasteiger partial charge in [0.1, 0.15) is 5.82 Å². The zero-order valence-corrected chi connectivity index (χ0v) is 13.3. The number of nitrogens with zero attached hydrogens (tertiary/aromatic N) is 1. The van der Waals surface area contributed by atoms with Crippen molar-refractivity contribution in [2.75, 3.05) is 5.32 Å². The molecule has 1 heterocycles. The molecular formula is C19H24N2O2. The predicted molar refractivity (Wildman–Crippen MR) is 97.3 cm³/mol. The number of rotatable bonds is 5. The maximum atomic E-state index is 4.46. The second kappa shape index (κ2) is 8.88. The number of benzene rings is 2. The number of aromatic nitrogens is 1. The van der Waals surface area contributed by atoms with Crippen molar-refractivity contribution < 1.29 is 11.0 Å². The summed E-state index contributed by atoms with van der Waals surface area (Å²) >= 11 is 0. The Labute approximate surface area is 136 Å². The molecule has 23 heavy (non-hydrogen) atoms. The van der Waals surface area contributed by atoms with Gasteiger partial charge in [-0.05, 0) is 42.0 Å². The first-order chi connectivity index (χ1) is 10.4. The van der Waals surface area contributed by atoms with Crippen LogP contribution in [-0.2, 0) is 6.42 Å². The van der Waals surface area contributed by atoms with Crippen molar-refractivity contribution in [1.82, 2.24) is 4.98 Å². The first-order valence-electron chi connectivity index (χ1n) is 7.56. The molecule has 0 aliphatic rings. The molecule has 5 N–H and O–H groups in total. The van der Waals surface area contributed by atoms with Gasteiger partial charge in [-0.3, -0.25) is 0 Å². The standard InChI is InChI=1S/C19H20N2.2H2O/c1-2-3-6-15-9-11-17(12-10-15)21-19-18-8-5-4-7-16(18)13-14-20-19;;/h4-5,7-14H,2-3,6H2,1H3,(H,20,21);2*1H2. The number of anilines is 2. The molecule has 3 aromatic rings. The van der Waals surface area contributed by atoms with Crippen LogP contribution in [0.5, 0.6) is 0 Å². The van der Waals surface area contributed by atoms with Crippen molar-refractivity contribution in [2.45, 2.75) is 26.2 Å². The molecule has 0 unspecified atom stereocenters. The van der Waals surface area contributed by atoms with Crippen LogP contribution in [0.15, 0.2) is 60.8 Å². The monoisotopic (exact) mass is 312 g/mol. The molecule has 0 saturated carbocycles. The molecule has 0 aliphatic heterocycles. The Morgan fingerprint density at radius 2 is 1.65 bits per heavy atom. The molecule has 0 amide bonds. The number of nitrogens with one attached hydrogen (secondary N) is 1. The summed E-state index contributed by atoms with van der Waals surface area (Å²) in [5, 5.41) is 5.77. The highest BCUT2D eigenvalue weighted by molar-refractivity contribution is 5.93. The van der Waals surface area contributed by atoms with Gasteiger partial charge in [-0.25, -0.2) is 4.98 Å². The zero-order chi connectivity index (χ0) is 14.5. The highest BCUT2D eigenvalue weighted by Crippen LogP contribution is 2.24. The van der Waals surface area contributed by atoms with Gasteiger partial charge in [-0.1, -0.05) is 49.7 Å². The lowest BCUT2D eigenvalue weighted by molar-refractivity contribution is 0.795. The number of hydrogen-bond acceptors (Lipinski definition) is 2. The second-order valence-electron chi connectivity index (χ2n) is 5.31. The van der Waals surface area contributed by atoms with E-state index in [1.807, 2.05) is 18.3 Å². The van der Waals surface area contributed by atoms with Gasteiger partial charge < -0.3 is 16.3 Å². The van der Waals surface area contributed by atoms with E-state index in [0.717, 1.165) is 23.3 Å². The molecule has 0 atom stereocenters. The van der Waals surface area contributed by atoms with E-state index in [4.69, 9.17) is 0 Å². The van der Waals surface area contributed by atoms with Gasteiger partial charge in [0.2, 0.25) is 0 Å². The van der Waals surface area contributed by atoms with E-state index in [0.29, 0.717) is 0 Å². The smallest absolute Gasteiger partial charge is 0.138 e. The average Bonchev–Trinajstić information content (AvgIpc) is 2.55. The molecule has 0 spiro atoms. The van der Waals surface area contributed by atoms with E-state index in [1.165, 1.54) is 23.8 Å². The van der Waals surface area contributed by atoms with Crippen LogP contribution in [0, 0.1) is 0 Å². The highest BCUT2D eigenvalue weighted by Gasteiger charge is 2.02. The number of unbranched alkanes of at least 4 members (excludes halogenated alkanes) is 1. The summed E-state index contributed by atoms with van der Waals surface area (Å²) in [6.45, 7) is 2.22. The normalized spacial score (nSPS) is 9.78. The lowest BCUT2D eigenvalue weighted by Crippen LogP contribution is -1.95. The number of fused-ring (bicyclic) bond motifs is 1. The summed E-state index contributed by atoms with van der Waals surface area (Å²) < 4.78 is 0. The molecule has 0 aliphatic carbocycles. The quantitative estimate of drug-likeness (QED) is 0.779. The van der Waals surface area contributed by atoms with Gasteiger partial charge in [-0.2, -0.15) is 0 Å². The molecule has 2 aromatic carbocycles. The maximum absolute atomic E-state index is 4.46. The first-order valence-corrected chi connectivity index (χ1v) is 7.56. The Kier molecular flexibility index (Phi) is 7.19. The number of hydrogen-bond donors (Lipinski definition) is 1. The van der Waals surface area contributed by atoms with Crippen molar-refractivity contribution in [3.63, 3.8) is 0 Å². The summed E-state index contributed by atoms with van der Waals surface area (Å²) in [7, 11) is 0. The highest BCUT2D eigenvalue weighted by atomic mass is 16.0. The van der Waals surface area contributed by atoms with E-state index >= 15 is 0 Å². The van der Waals surface area contributed by atoms with Crippen LogP contribution in [0.25, 0.3) is 10.8 Å². The minimum atomic E-state index is 0. The van der Waals surface area contributed by atoms with E-state index in [1.54, 1.807) is 0 Å². The summed E-state index contributed by atoms with van der Waals surface area (Å²) in [5.74, 6) is 0.911. The Balaban J connectivity index is 0.00000132. The average molecular weight is 312 g/mol. The van der Waals surface area contributed by atoms with Crippen LogP contribution < -0.4 is 5.32 Å². The van der Waals surface area contributed by atoms with Gasteiger partial charge >= 0.3 is 0 Å². The van der Waals surface area contributed by atoms with Crippen LogP contribution >= 0.6 is 0 Å². The van der Waals surface area contributed by atoms with Crippen LogP contribution in [0.4, 0.5) is 11.5 Å². The SMILES string of the molecule is CCCCc1ccc(Nc2nccc3ccccc23)cc1.O.O. The van der Waals surface area contributed by atoms with Crippen LogP contribution in [0.1, 0.15) is 25.3 Å². The van der Waals surface area contributed by atoms with E-state index in [-0.39, 0.29) is 11.0 Å². The van der Waals surface area contributed by atoms with Crippen molar-refractivity contribution in [2.24, 2.45) is 0 Å². The molecule has 0 bridgehead atoms. The molecule has 0 saturated heterocycles. The summed E-state index contributed by atoms with van der Waals surface area (Å²) in [5.41, 5.74) is 2.48. The van der Waals surface area contributed by atoms with Gasteiger partial charge in [-0.15, -0.1) is 0 Å². The fourth-order valence-electron chi connectivity index (χ4n) is 2.49. The third-order valence-corrected chi connectivity index (χ3v) is 3.71. The van der Waals surface area contributed by atoms with Gasteiger partial charge in [0.15, 0.2) is 0 Å². The minimum Gasteiger partial charge on any atom is -0.412 e. The van der Waals surface area contributed by atoms with Crippen LogP contribution in [0.2, 0.25) is 0 Å². The summed E-state index contributed by atoms with van der Waals surface area (Å²) in [4.78, 5) is 4.46. The van der Waals surface area contributed by atoms with Crippen molar-refractivity contribution in [1.29, 1.82) is 0 Å². The molecule has 1 aromatic heterocycles. The van der Waals surface area contributed by atoms with E-state index < -0.39 is 0 Å². The number of aryl methyl sites for hydroxylation is 1. The van der Waals surface area contributed by atoms with E-state index in [2.05, 4.69) is 59.7 Å². The third-order valence-electron chi connectivity index (χ3n) is 3.71. The lowest BCUT2D eigenvalue weighted by Gasteiger charge is -2.09. The fourth-order valence-corrected chi connectivity index (χ4v) is 2.49. The minimum absolute atomic E-state index is 0. The zero-order valence-electron chi connectivity index (χ0n) is 13.3. The summed E-state index contributed by atoms with van der Waals surface area (Å²) in [6, 6.07) is 19.0. The van der Waals surface area contributed by atoms with Crippen molar-refractivity contribution in [3.05, 3.63) is 66.4 Å². The molecule has 3 rings (SSSR count). The Morgan fingerprint density at radius 3 is 2.39 bits per heavy atom. The molecule has 0 radical (unpaired) electrons. The second-order valence-corrected chi connectivity index (χ2v) is 5.31. The topological polar surface area (TPSA) is 87.9 Å². The van der Waals surface area contributed by atoms with Crippen molar-refractivity contribution >= 4 is 22.3 Å². The van der Waals surface area contributed by atoms with Crippen molar-refractivity contribution in [3.8, 4) is 0 Å². The van der Waals surface area contributed by atoms with Gasteiger partial charge in [0.05, 0.1) is 0 Å². The van der Waals surface area contributed by atoms with Gasteiger partial charge in [0.25, 0.3) is 0 Å². The first kappa shape index (κ1) is 18.6. The molecular weight excluding hydrogens is 288 g/mol. The Hall–Kier alpha value is -2.43. The summed E-state index contributed by atoms with van der Waals surface area (Å²) in [6.07, 6.45) is 5.49. The fraction of sp³-hybridized carbons (Fsp3) is 0.211. The Morgan fingerprint density at radius 1 is 0.913 bits per heavy atom. The maximum Gasteiger partial charge on any atom is 0.138 e. The number of pyridine rings is 1. The predicted octanol–water partition coefficient (Wildman–Crippen LogP) is 3.67. The van der Waals surface area contributed by atoms with Gasteiger partial charge in [0, 0.05) is 17.3 Å². The molecule has 122 valence electrons. The van der Waals surface area contributed by atoms with Crippen LogP contribution in [-0.4, -0.2) is 15.9 Å². The third kappa shape index (κ3) is 4.52.